The Morgan fingerprint density at radius 1 is 0.941 bits per heavy atom. The van der Waals surface area contributed by atoms with Crippen LogP contribution in [0.1, 0.15) is 77.7 Å². The quantitative estimate of drug-likeness (QED) is 0.498. The van der Waals surface area contributed by atoms with Crippen molar-refractivity contribution in [2.24, 2.45) is 46.3 Å². The van der Waals surface area contributed by atoms with Crippen LogP contribution in [-0.2, 0) is 11.2 Å². The lowest BCUT2D eigenvalue weighted by Gasteiger charge is -2.62. The van der Waals surface area contributed by atoms with E-state index in [1.807, 2.05) is 6.92 Å². The van der Waals surface area contributed by atoms with Crippen molar-refractivity contribution < 1.29 is 25.2 Å². The number of hydrogen-bond donors (Lipinski definition) is 4. The molecule has 0 saturated heterocycles. The minimum absolute atomic E-state index is 0.0801. The van der Waals surface area contributed by atoms with Crippen molar-refractivity contribution >= 4 is 5.78 Å². The SMILES string of the molecule is C[C@H](CCc1ccccc1)[C@H]1CC[C@H]2[C@@H]3CC(=O)[C@H]4CC(O)(O)C(O)(O)C[C@]4(C)[C@H]3CC[C@]12C. The maximum absolute atomic E-state index is 13.4. The smallest absolute Gasteiger partial charge is 0.219 e. The van der Waals surface area contributed by atoms with Crippen LogP contribution in [0.2, 0.25) is 0 Å². The average molecular weight is 471 g/mol. The number of ketones is 1. The number of aryl methyl sites for hydroxylation is 1. The minimum atomic E-state index is -2.64. The van der Waals surface area contributed by atoms with Gasteiger partial charge < -0.3 is 20.4 Å². The second kappa shape index (κ2) is 8.12. The Bertz CT molecular complexity index is 926. The van der Waals surface area contributed by atoms with Crippen molar-refractivity contribution in [1.82, 2.24) is 0 Å². The second-order valence-corrected chi connectivity index (χ2v) is 12.8. The predicted octanol–water partition coefficient (Wildman–Crippen LogP) is 4.06. The van der Waals surface area contributed by atoms with Crippen molar-refractivity contribution in [3.05, 3.63) is 35.9 Å². The van der Waals surface area contributed by atoms with Crippen LogP contribution in [0, 0.1) is 46.3 Å². The number of hydrogen-bond acceptors (Lipinski definition) is 5. The molecule has 4 aliphatic rings. The van der Waals surface area contributed by atoms with E-state index in [4.69, 9.17) is 0 Å². The van der Waals surface area contributed by atoms with Crippen molar-refractivity contribution in [1.29, 1.82) is 0 Å². The van der Waals surface area contributed by atoms with Gasteiger partial charge in [0.15, 0.2) is 0 Å². The molecule has 5 rings (SSSR count). The Morgan fingerprint density at radius 2 is 1.62 bits per heavy atom. The normalized spacial score (nSPS) is 43.5. The van der Waals surface area contributed by atoms with E-state index in [1.54, 1.807) is 0 Å². The standard InChI is InChI=1S/C29H42O5/c1-18(9-10-19-7-5-4-6-8-19)21-11-12-22-20-15-25(30)24-16-28(31,32)29(33,34)17-27(24,3)23(20)13-14-26(21,22)2/h4-8,18,20-24,31-34H,9-17H2,1-3H3/t18-,20+,21-,22+,23+,24-,26-,27-/m1/s1. The molecule has 8 atom stereocenters. The van der Waals surface area contributed by atoms with Crippen LogP contribution in [-0.4, -0.2) is 37.8 Å². The van der Waals surface area contributed by atoms with Crippen LogP contribution < -0.4 is 0 Å². The van der Waals surface area contributed by atoms with Crippen LogP contribution in [0.4, 0.5) is 0 Å². The zero-order chi connectivity index (χ0) is 24.5. The lowest BCUT2D eigenvalue weighted by Crippen LogP contribution is -2.68. The first kappa shape index (κ1) is 24.4. The maximum atomic E-state index is 13.4. The third-order valence-corrected chi connectivity index (χ3v) is 11.2. The first-order valence-corrected chi connectivity index (χ1v) is 13.4. The number of rotatable bonds is 4. The maximum Gasteiger partial charge on any atom is 0.219 e. The van der Waals surface area contributed by atoms with Crippen LogP contribution >= 0.6 is 0 Å². The van der Waals surface area contributed by atoms with E-state index < -0.39 is 22.9 Å². The Kier molecular flexibility index (Phi) is 5.84. The van der Waals surface area contributed by atoms with Crippen molar-refractivity contribution in [3.8, 4) is 0 Å². The van der Waals surface area contributed by atoms with Gasteiger partial charge in [0.25, 0.3) is 0 Å². The van der Waals surface area contributed by atoms with Gasteiger partial charge >= 0.3 is 0 Å². The van der Waals surface area contributed by atoms with Gasteiger partial charge in [-0.05, 0) is 84.5 Å². The van der Waals surface area contributed by atoms with E-state index in [0.29, 0.717) is 24.2 Å². The summed E-state index contributed by atoms with van der Waals surface area (Å²) >= 11 is 0. The first-order chi connectivity index (χ1) is 15.9. The Morgan fingerprint density at radius 3 is 2.32 bits per heavy atom. The summed E-state index contributed by atoms with van der Waals surface area (Å²) in [6.07, 6.45) is 6.73. The molecule has 0 bridgehead atoms. The molecular weight excluding hydrogens is 428 g/mol. The minimum Gasteiger partial charge on any atom is -0.361 e. The molecule has 0 aromatic heterocycles. The third-order valence-electron chi connectivity index (χ3n) is 11.2. The second-order valence-electron chi connectivity index (χ2n) is 12.8. The summed E-state index contributed by atoms with van der Waals surface area (Å²) in [5, 5.41) is 41.7. The topological polar surface area (TPSA) is 98.0 Å². The number of benzene rings is 1. The van der Waals surface area contributed by atoms with E-state index in [2.05, 4.69) is 44.2 Å². The fourth-order valence-corrected chi connectivity index (χ4v) is 9.33. The molecule has 0 unspecified atom stereocenters. The first-order valence-electron chi connectivity index (χ1n) is 13.4. The van der Waals surface area contributed by atoms with E-state index in [1.165, 1.54) is 18.4 Å². The summed E-state index contributed by atoms with van der Waals surface area (Å²) in [5.41, 5.74) is 0.992. The van der Waals surface area contributed by atoms with Gasteiger partial charge in [-0.25, -0.2) is 0 Å². The highest BCUT2D eigenvalue weighted by molar-refractivity contribution is 5.83. The van der Waals surface area contributed by atoms with Crippen molar-refractivity contribution in [2.75, 3.05) is 0 Å². The van der Waals surface area contributed by atoms with Gasteiger partial charge in [-0.2, -0.15) is 0 Å². The van der Waals surface area contributed by atoms with Crippen molar-refractivity contribution in [3.63, 3.8) is 0 Å². The van der Waals surface area contributed by atoms with Crippen LogP contribution in [0.25, 0.3) is 0 Å². The molecular formula is C29H42O5. The highest BCUT2D eigenvalue weighted by Gasteiger charge is 2.68. The number of carbonyl (C=O) groups is 1. The van der Waals surface area contributed by atoms with Gasteiger partial charge in [0.2, 0.25) is 11.6 Å². The molecule has 1 aromatic rings. The lowest BCUT2D eigenvalue weighted by molar-refractivity contribution is -0.394. The van der Waals surface area contributed by atoms with Gasteiger partial charge in [-0.15, -0.1) is 0 Å². The molecule has 4 saturated carbocycles. The highest BCUT2D eigenvalue weighted by Crippen LogP contribution is 2.68. The molecule has 5 heteroatoms. The summed E-state index contributed by atoms with van der Waals surface area (Å²) in [4.78, 5) is 13.4. The fraction of sp³-hybridized carbons (Fsp3) is 0.759. The molecule has 5 nitrogen and oxygen atoms in total. The molecule has 4 fully saturated rings. The number of carbonyl (C=O) groups excluding carboxylic acids is 1. The molecule has 34 heavy (non-hydrogen) atoms. The van der Waals surface area contributed by atoms with Gasteiger partial charge in [0.1, 0.15) is 5.78 Å². The zero-order valence-electron chi connectivity index (χ0n) is 20.9. The molecule has 0 aliphatic heterocycles. The summed E-state index contributed by atoms with van der Waals surface area (Å²) in [6, 6.07) is 10.7. The summed E-state index contributed by atoms with van der Waals surface area (Å²) in [6.45, 7) is 6.87. The van der Waals surface area contributed by atoms with Crippen molar-refractivity contribution in [2.45, 2.75) is 90.1 Å². The van der Waals surface area contributed by atoms with E-state index in [9.17, 15) is 25.2 Å². The molecule has 0 radical (unpaired) electrons. The Labute approximate surface area is 203 Å². The molecule has 4 N–H and O–H groups in total. The predicted molar refractivity (Wildman–Crippen MR) is 129 cm³/mol. The zero-order valence-corrected chi connectivity index (χ0v) is 20.9. The van der Waals surface area contributed by atoms with Gasteiger partial charge in [-0.1, -0.05) is 51.1 Å². The van der Waals surface area contributed by atoms with E-state index in [-0.39, 0.29) is 35.9 Å². The number of aliphatic hydroxyl groups is 4. The van der Waals surface area contributed by atoms with Crippen LogP contribution in [0.15, 0.2) is 30.3 Å². The summed E-state index contributed by atoms with van der Waals surface area (Å²) in [7, 11) is 0. The van der Waals surface area contributed by atoms with E-state index in [0.717, 1.165) is 25.7 Å². The molecule has 0 amide bonds. The fourth-order valence-electron chi connectivity index (χ4n) is 9.33. The van der Waals surface area contributed by atoms with Crippen LogP contribution in [0.5, 0.6) is 0 Å². The average Bonchev–Trinajstić information content (AvgIpc) is 3.12. The molecule has 188 valence electrons. The number of Topliss-reactive ketones (excluding diaryl/α,β-unsaturated/α-hetero) is 1. The Hall–Kier alpha value is -1.27. The van der Waals surface area contributed by atoms with Gasteiger partial charge in [0, 0.05) is 25.2 Å². The van der Waals surface area contributed by atoms with Gasteiger partial charge in [-0.3, -0.25) is 4.79 Å². The number of fused-ring (bicyclic) bond motifs is 5. The monoisotopic (exact) mass is 470 g/mol. The lowest BCUT2D eigenvalue weighted by atomic mass is 9.43. The molecule has 0 spiro atoms. The molecule has 4 aliphatic carbocycles. The summed E-state index contributed by atoms with van der Waals surface area (Å²) < 4.78 is 0. The largest absolute Gasteiger partial charge is 0.361 e. The molecule has 1 aromatic carbocycles. The third kappa shape index (κ3) is 3.61. The van der Waals surface area contributed by atoms with E-state index >= 15 is 0 Å². The van der Waals surface area contributed by atoms with Gasteiger partial charge in [0.05, 0.1) is 0 Å². The molecule has 0 heterocycles. The Balaban J connectivity index is 1.36. The highest BCUT2D eigenvalue weighted by atomic mass is 16.6. The van der Waals surface area contributed by atoms with Crippen LogP contribution in [0.3, 0.4) is 0 Å². The summed E-state index contributed by atoms with van der Waals surface area (Å²) in [5.74, 6) is -3.48.